The third-order valence-electron chi connectivity index (χ3n) is 4.98. The molecule has 5 nitrogen and oxygen atoms in total. The molecule has 1 heterocycles. The first-order valence-electron chi connectivity index (χ1n) is 9.51. The van der Waals surface area contributed by atoms with Crippen molar-refractivity contribution in [1.29, 1.82) is 0 Å². The van der Waals surface area contributed by atoms with E-state index in [1.54, 1.807) is 12.1 Å². The van der Waals surface area contributed by atoms with Gasteiger partial charge >= 0.3 is 0 Å². The summed E-state index contributed by atoms with van der Waals surface area (Å²) in [6.45, 7) is 11.6. The van der Waals surface area contributed by atoms with Crippen molar-refractivity contribution < 1.29 is 9.21 Å². The van der Waals surface area contributed by atoms with Crippen LogP contribution in [-0.4, -0.2) is 22.6 Å². The molecule has 0 aliphatic rings. The molecule has 0 spiro atoms. The SMILES string of the molecule is Cc1cc(C(C)(C)C)cc(C)c1CCNC(=O)c1ccc(-c2nnco2)cc1. The fourth-order valence-corrected chi connectivity index (χ4v) is 3.29. The van der Waals surface area contributed by atoms with Crippen molar-refractivity contribution in [2.75, 3.05) is 6.54 Å². The second kappa shape index (κ2) is 7.97. The van der Waals surface area contributed by atoms with Crippen LogP contribution < -0.4 is 5.32 Å². The average Bonchev–Trinajstić information content (AvgIpc) is 3.17. The quantitative estimate of drug-likeness (QED) is 0.704. The predicted molar refractivity (Wildman–Crippen MR) is 110 cm³/mol. The zero-order chi connectivity index (χ0) is 20.3. The Morgan fingerprint density at radius 3 is 2.25 bits per heavy atom. The van der Waals surface area contributed by atoms with E-state index in [1.165, 1.54) is 28.6 Å². The molecule has 2 aromatic carbocycles. The number of carbonyl (C=O) groups excluding carboxylic acids is 1. The predicted octanol–water partition coefficient (Wildman–Crippen LogP) is 4.62. The number of amides is 1. The lowest BCUT2D eigenvalue weighted by Gasteiger charge is -2.22. The van der Waals surface area contributed by atoms with Crippen LogP contribution in [0.15, 0.2) is 47.2 Å². The fourth-order valence-electron chi connectivity index (χ4n) is 3.29. The van der Waals surface area contributed by atoms with E-state index in [-0.39, 0.29) is 11.3 Å². The van der Waals surface area contributed by atoms with Crippen molar-refractivity contribution in [3.63, 3.8) is 0 Å². The van der Waals surface area contributed by atoms with E-state index < -0.39 is 0 Å². The first kappa shape index (κ1) is 19.8. The molecule has 1 aromatic heterocycles. The minimum Gasteiger partial charge on any atom is -0.423 e. The highest BCUT2D eigenvalue weighted by molar-refractivity contribution is 5.94. The Bertz CT molecular complexity index is 930. The number of aryl methyl sites for hydroxylation is 2. The van der Waals surface area contributed by atoms with E-state index in [9.17, 15) is 4.79 Å². The third kappa shape index (κ3) is 4.47. The molecule has 0 bridgehead atoms. The van der Waals surface area contributed by atoms with E-state index >= 15 is 0 Å². The molecule has 3 rings (SSSR count). The van der Waals surface area contributed by atoms with Gasteiger partial charge in [-0.1, -0.05) is 32.9 Å². The molecule has 0 aliphatic heterocycles. The Kier molecular flexibility index (Phi) is 5.63. The van der Waals surface area contributed by atoms with E-state index in [1.807, 2.05) is 12.1 Å². The summed E-state index contributed by atoms with van der Waals surface area (Å²) in [6.07, 6.45) is 2.10. The largest absolute Gasteiger partial charge is 0.423 e. The van der Waals surface area contributed by atoms with Crippen LogP contribution in [0.5, 0.6) is 0 Å². The number of hydrogen-bond donors (Lipinski definition) is 1. The molecule has 1 N–H and O–H groups in total. The summed E-state index contributed by atoms with van der Waals surface area (Å²) < 4.78 is 5.16. The van der Waals surface area contributed by atoms with Gasteiger partial charge in [0.2, 0.25) is 12.3 Å². The van der Waals surface area contributed by atoms with Gasteiger partial charge in [-0.2, -0.15) is 0 Å². The molecule has 0 atom stereocenters. The van der Waals surface area contributed by atoms with Gasteiger partial charge in [-0.3, -0.25) is 4.79 Å². The number of rotatable bonds is 5. The molecule has 146 valence electrons. The highest BCUT2D eigenvalue weighted by Crippen LogP contribution is 2.27. The zero-order valence-electron chi connectivity index (χ0n) is 17.2. The lowest BCUT2D eigenvalue weighted by molar-refractivity contribution is 0.0954. The maximum absolute atomic E-state index is 12.4. The van der Waals surface area contributed by atoms with E-state index in [2.05, 4.69) is 62.3 Å². The molecule has 0 saturated carbocycles. The molecule has 0 aliphatic carbocycles. The van der Waals surface area contributed by atoms with E-state index in [0.717, 1.165) is 12.0 Å². The molecule has 28 heavy (non-hydrogen) atoms. The average molecular weight is 377 g/mol. The topological polar surface area (TPSA) is 68.0 Å². The maximum atomic E-state index is 12.4. The number of benzene rings is 2. The highest BCUT2D eigenvalue weighted by atomic mass is 16.4. The van der Waals surface area contributed by atoms with Gasteiger partial charge in [0, 0.05) is 17.7 Å². The van der Waals surface area contributed by atoms with Crippen LogP contribution >= 0.6 is 0 Å². The van der Waals surface area contributed by atoms with E-state index in [4.69, 9.17) is 4.42 Å². The fraction of sp³-hybridized carbons (Fsp3) is 0.348. The standard InChI is InChI=1S/C23H27N3O2/c1-15-12-19(23(3,4)5)13-16(2)20(15)10-11-24-21(27)17-6-8-18(9-7-17)22-26-25-14-28-22/h6-9,12-14H,10-11H2,1-5H3,(H,24,27). The van der Waals surface area contributed by atoms with Crippen LogP contribution in [0.1, 0.15) is 53.4 Å². The summed E-state index contributed by atoms with van der Waals surface area (Å²) in [4.78, 5) is 12.4. The van der Waals surface area contributed by atoms with Gasteiger partial charge in [-0.05, 0) is 72.2 Å². The number of aromatic nitrogens is 2. The van der Waals surface area contributed by atoms with Gasteiger partial charge in [-0.15, -0.1) is 10.2 Å². The summed E-state index contributed by atoms with van der Waals surface area (Å²) in [5.74, 6) is 0.357. The van der Waals surface area contributed by atoms with Crippen molar-refractivity contribution in [2.45, 2.75) is 46.5 Å². The van der Waals surface area contributed by atoms with Crippen LogP contribution in [0.2, 0.25) is 0 Å². The second-order valence-corrected chi connectivity index (χ2v) is 8.17. The third-order valence-corrected chi connectivity index (χ3v) is 4.98. The van der Waals surface area contributed by atoms with Gasteiger partial charge in [-0.25, -0.2) is 0 Å². The first-order chi connectivity index (χ1) is 13.3. The van der Waals surface area contributed by atoms with Crippen LogP contribution in [0.25, 0.3) is 11.5 Å². The molecule has 0 radical (unpaired) electrons. The van der Waals surface area contributed by atoms with Gasteiger partial charge in [0.15, 0.2) is 0 Å². The maximum Gasteiger partial charge on any atom is 0.251 e. The van der Waals surface area contributed by atoms with Crippen molar-refractivity contribution in [3.05, 3.63) is 70.6 Å². The van der Waals surface area contributed by atoms with Crippen molar-refractivity contribution in [2.24, 2.45) is 0 Å². The molecular formula is C23H27N3O2. The number of carbonyl (C=O) groups is 1. The molecule has 0 unspecified atom stereocenters. The molecule has 3 aromatic rings. The Labute approximate surface area is 166 Å². The molecule has 0 fully saturated rings. The number of nitrogens with zero attached hydrogens (tertiary/aromatic N) is 2. The van der Waals surface area contributed by atoms with Gasteiger partial charge < -0.3 is 9.73 Å². The van der Waals surface area contributed by atoms with Gasteiger partial charge in [0.1, 0.15) is 0 Å². The summed E-state index contributed by atoms with van der Waals surface area (Å²) in [7, 11) is 0. The number of hydrogen-bond acceptors (Lipinski definition) is 4. The molecule has 0 saturated heterocycles. The van der Waals surface area contributed by atoms with Crippen LogP contribution in [0.4, 0.5) is 0 Å². The lowest BCUT2D eigenvalue weighted by atomic mass is 9.83. The monoisotopic (exact) mass is 377 g/mol. The first-order valence-corrected chi connectivity index (χ1v) is 9.51. The van der Waals surface area contributed by atoms with Crippen molar-refractivity contribution in [1.82, 2.24) is 15.5 Å². The Morgan fingerprint density at radius 1 is 1.07 bits per heavy atom. The van der Waals surface area contributed by atoms with Gasteiger partial charge in [0.05, 0.1) is 0 Å². The van der Waals surface area contributed by atoms with Crippen molar-refractivity contribution >= 4 is 5.91 Å². The van der Waals surface area contributed by atoms with Crippen molar-refractivity contribution in [3.8, 4) is 11.5 Å². The molecular weight excluding hydrogens is 350 g/mol. The summed E-state index contributed by atoms with van der Waals surface area (Å²) in [6, 6.07) is 11.7. The minimum atomic E-state index is -0.0845. The highest BCUT2D eigenvalue weighted by Gasteiger charge is 2.16. The van der Waals surface area contributed by atoms with Crippen LogP contribution in [-0.2, 0) is 11.8 Å². The summed E-state index contributed by atoms with van der Waals surface area (Å²) >= 11 is 0. The molecule has 5 heteroatoms. The zero-order valence-corrected chi connectivity index (χ0v) is 17.2. The lowest BCUT2D eigenvalue weighted by Crippen LogP contribution is -2.26. The smallest absolute Gasteiger partial charge is 0.251 e. The van der Waals surface area contributed by atoms with Crippen LogP contribution in [0, 0.1) is 13.8 Å². The second-order valence-electron chi connectivity index (χ2n) is 8.17. The van der Waals surface area contributed by atoms with Gasteiger partial charge in [0.25, 0.3) is 5.91 Å². The summed E-state index contributed by atoms with van der Waals surface area (Å²) in [5.41, 5.74) is 6.75. The number of nitrogens with one attached hydrogen (secondary N) is 1. The molecule has 1 amide bonds. The van der Waals surface area contributed by atoms with Crippen LogP contribution in [0.3, 0.4) is 0 Å². The Hall–Kier alpha value is -2.95. The van der Waals surface area contributed by atoms with E-state index in [0.29, 0.717) is 18.0 Å². The Balaban J connectivity index is 1.61. The summed E-state index contributed by atoms with van der Waals surface area (Å²) in [5, 5.41) is 10.5. The normalized spacial score (nSPS) is 11.5. The Morgan fingerprint density at radius 2 is 1.71 bits per heavy atom. The minimum absolute atomic E-state index is 0.0845.